The maximum Gasteiger partial charge on any atom is 0.340 e. The number of para-hydroxylation sites is 1. The van der Waals surface area contributed by atoms with E-state index in [2.05, 4.69) is 0 Å². The van der Waals surface area contributed by atoms with Gasteiger partial charge in [-0.25, -0.2) is 4.79 Å². The molecule has 1 unspecified atom stereocenters. The number of rotatable bonds is 0. The van der Waals surface area contributed by atoms with Gasteiger partial charge in [0.05, 0.1) is 5.56 Å². The molecule has 3 aromatic rings. The average Bonchev–Trinajstić information content (AvgIpc) is 2.88. The molecule has 5 heteroatoms. The summed E-state index contributed by atoms with van der Waals surface area (Å²) in [4.78, 5) is 12.6. The van der Waals surface area contributed by atoms with E-state index in [1.165, 1.54) is 6.07 Å². The first-order valence-electron chi connectivity index (χ1n) is 7.84. The summed E-state index contributed by atoms with van der Waals surface area (Å²) >= 11 is 0. The minimum atomic E-state index is -1.11. The molecule has 5 nitrogen and oxygen atoms in total. The van der Waals surface area contributed by atoms with Crippen LogP contribution in [0.4, 0.5) is 5.69 Å². The minimum absolute atomic E-state index is 0.0788. The van der Waals surface area contributed by atoms with Crippen molar-refractivity contribution in [2.24, 2.45) is 0 Å². The first-order valence-corrected chi connectivity index (χ1v) is 7.84. The Balaban J connectivity index is 1.91. The third-order valence-electron chi connectivity index (χ3n) is 4.72. The molecule has 0 amide bonds. The number of esters is 1. The van der Waals surface area contributed by atoms with Gasteiger partial charge in [0.2, 0.25) is 0 Å². The van der Waals surface area contributed by atoms with Gasteiger partial charge in [-0.1, -0.05) is 24.3 Å². The molecule has 0 fully saturated rings. The van der Waals surface area contributed by atoms with Crippen LogP contribution in [0.5, 0.6) is 17.2 Å². The molecule has 5 rings (SSSR count). The van der Waals surface area contributed by atoms with E-state index in [4.69, 9.17) is 15.2 Å². The first kappa shape index (κ1) is 13.9. The highest BCUT2D eigenvalue weighted by molar-refractivity contribution is 5.98. The van der Waals surface area contributed by atoms with Crippen molar-refractivity contribution in [3.63, 3.8) is 0 Å². The van der Waals surface area contributed by atoms with Gasteiger partial charge in [-0.2, -0.15) is 0 Å². The van der Waals surface area contributed by atoms with Crippen molar-refractivity contribution in [1.29, 1.82) is 0 Å². The number of nitrogens with two attached hydrogens (primary N) is 1. The van der Waals surface area contributed by atoms with E-state index in [1.54, 1.807) is 24.3 Å². The number of fused-ring (bicyclic) bond motifs is 6. The highest BCUT2D eigenvalue weighted by Gasteiger charge is 2.53. The van der Waals surface area contributed by atoms with Crippen LogP contribution in [-0.4, -0.2) is 11.1 Å². The number of aromatic hydroxyl groups is 1. The first-order chi connectivity index (χ1) is 12.1. The van der Waals surface area contributed by atoms with Crippen LogP contribution in [0.25, 0.3) is 0 Å². The summed E-state index contributed by atoms with van der Waals surface area (Å²) in [6, 6.07) is 17.4. The molecule has 2 heterocycles. The van der Waals surface area contributed by atoms with Gasteiger partial charge in [-0.05, 0) is 30.3 Å². The smallest absolute Gasteiger partial charge is 0.340 e. The molecule has 25 heavy (non-hydrogen) atoms. The van der Waals surface area contributed by atoms with E-state index in [0.717, 1.165) is 11.1 Å². The third-order valence-corrected chi connectivity index (χ3v) is 4.72. The molecule has 3 aromatic carbocycles. The number of hydrogen-bond donors (Lipinski definition) is 2. The predicted octanol–water partition coefficient (Wildman–Crippen LogP) is 3.54. The summed E-state index contributed by atoms with van der Waals surface area (Å²) in [6.45, 7) is 0. The molecule has 0 aromatic heterocycles. The SMILES string of the molecule is Nc1ccc2c(c1)C(=O)OC21c2ccccc2Oc2cc(O)ccc21. The molecular weight excluding hydrogens is 318 g/mol. The number of phenols is 1. The van der Waals surface area contributed by atoms with E-state index in [0.29, 0.717) is 28.3 Å². The molecular formula is C20H13NO4. The van der Waals surface area contributed by atoms with E-state index in [-0.39, 0.29) is 5.75 Å². The molecule has 2 aliphatic rings. The van der Waals surface area contributed by atoms with Gasteiger partial charge >= 0.3 is 5.97 Å². The number of carbonyl (C=O) groups excluding carboxylic acids is 1. The van der Waals surface area contributed by atoms with Crippen LogP contribution in [0, 0.1) is 0 Å². The summed E-state index contributed by atoms with van der Waals surface area (Å²) in [7, 11) is 0. The van der Waals surface area contributed by atoms with Crippen molar-refractivity contribution < 1.29 is 19.4 Å². The van der Waals surface area contributed by atoms with E-state index >= 15 is 0 Å². The lowest BCUT2D eigenvalue weighted by Crippen LogP contribution is -2.32. The summed E-state index contributed by atoms with van der Waals surface area (Å²) in [5, 5.41) is 9.85. The lowest BCUT2D eigenvalue weighted by atomic mass is 9.77. The zero-order valence-electron chi connectivity index (χ0n) is 13.0. The summed E-state index contributed by atoms with van der Waals surface area (Å²) in [5.41, 5.74) is 7.81. The molecule has 0 saturated heterocycles. The van der Waals surface area contributed by atoms with Crippen LogP contribution in [-0.2, 0) is 10.3 Å². The summed E-state index contributed by atoms with van der Waals surface area (Å²) in [6.07, 6.45) is 0. The Labute approximate surface area is 143 Å². The maximum absolute atomic E-state index is 12.6. The second-order valence-electron chi connectivity index (χ2n) is 6.15. The number of phenolic OH excluding ortho intramolecular Hbond substituents is 1. The molecule has 0 aliphatic carbocycles. The molecule has 1 atom stereocenters. The van der Waals surface area contributed by atoms with Crippen molar-refractivity contribution in [2.75, 3.05) is 5.73 Å². The predicted molar refractivity (Wildman–Crippen MR) is 90.8 cm³/mol. The summed E-state index contributed by atoms with van der Waals surface area (Å²) in [5.74, 6) is 0.683. The van der Waals surface area contributed by atoms with Crippen molar-refractivity contribution in [2.45, 2.75) is 5.60 Å². The monoisotopic (exact) mass is 331 g/mol. The molecule has 3 N–H and O–H groups in total. The van der Waals surface area contributed by atoms with Crippen molar-refractivity contribution >= 4 is 11.7 Å². The Bertz CT molecular complexity index is 1060. The van der Waals surface area contributed by atoms with Crippen molar-refractivity contribution in [3.05, 3.63) is 82.9 Å². The quantitative estimate of drug-likeness (QED) is 0.486. The zero-order valence-corrected chi connectivity index (χ0v) is 13.0. The Morgan fingerprint density at radius 2 is 1.64 bits per heavy atom. The van der Waals surface area contributed by atoms with Crippen LogP contribution < -0.4 is 10.5 Å². The molecule has 122 valence electrons. The fourth-order valence-corrected chi connectivity index (χ4v) is 3.68. The molecule has 2 aliphatic heterocycles. The molecule has 0 radical (unpaired) electrons. The van der Waals surface area contributed by atoms with Crippen LogP contribution in [0.3, 0.4) is 0 Å². The number of hydrogen-bond acceptors (Lipinski definition) is 5. The van der Waals surface area contributed by atoms with Crippen molar-refractivity contribution in [1.82, 2.24) is 0 Å². The average molecular weight is 331 g/mol. The third kappa shape index (κ3) is 1.69. The topological polar surface area (TPSA) is 81.8 Å². The second kappa shape index (κ2) is 4.54. The number of benzene rings is 3. The van der Waals surface area contributed by atoms with Crippen molar-refractivity contribution in [3.8, 4) is 17.2 Å². The van der Waals surface area contributed by atoms with Gasteiger partial charge in [-0.3, -0.25) is 0 Å². The molecule has 1 spiro atoms. The van der Waals surface area contributed by atoms with Gasteiger partial charge in [-0.15, -0.1) is 0 Å². The number of nitrogen functional groups attached to an aromatic ring is 1. The molecule has 0 saturated carbocycles. The standard InChI is InChI=1S/C20H13NO4/c21-11-5-7-14-13(9-11)19(23)25-20(14)15-3-1-2-4-17(15)24-18-10-12(22)6-8-16(18)20/h1-10,22H,21H2. The largest absolute Gasteiger partial charge is 0.508 e. The Hall–Kier alpha value is -3.47. The van der Waals surface area contributed by atoms with Gasteiger partial charge in [0.15, 0.2) is 5.60 Å². The Morgan fingerprint density at radius 1 is 0.880 bits per heavy atom. The normalized spacial score (nSPS) is 19.6. The number of ether oxygens (including phenoxy) is 2. The lowest BCUT2D eigenvalue weighted by Gasteiger charge is -2.36. The number of carbonyl (C=O) groups is 1. The van der Waals surface area contributed by atoms with Gasteiger partial charge in [0.1, 0.15) is 17.2 Å². The Morgan fingerprint density at radius 3 is 2.52 bits per heavy atom. The van der Waals surface area contributed by atoms with Gasteiger partial charge in [0, 0.05) is 28.4 Å². The molecule has 0 bridgehead atoms. The Kier molecular flexibility index (Phi) is 2.53. The summed E-state index contributed by atoms with van der Waals surface area (Å²) < 4.78 is 11.9. The van der Waals surface area contributed by atoms with Gasteiger partial charge in [0.25, 0.3) is 0 Å². The minimum Gasteiger partial charge on any atom is -0.508 e. The second-order valence-corrected chi connectivity index (χ2v) is 6.15. The fourth-order valence-electron chi connectivity index (χ4n) is 3.68. The van der Waals surface area contributed by atoms with Crippen LogP contribution in [0.15, 0.2) is 60.7 Å². The van der Waals surface area contributed by atoms with Gasteiger partial charge < -0.3 is 20.3 Å². The lowest BCUT2D eigenvalue weighted by molar-refractivity contribution is 0.0224. The maximum atomic E-state index is 12.6. The van der Waals surface area contributed by atoms with Crippen LogP contribution >= 0.6 is 0 Å². The van der Waals surface area contributed by atoms with E-state index < -0.39 is 11.6 Å². The van der Waals surface area contributed by atoms with Crippen LogP contribution in [0.2, 0.25) is 0 Å². The number of anilines is 1. The highest BCUT2D eigenvalue weighted by Crippen LogP contribution is 2.56. The van der Waals surface area contributed by atoms with E-state index in [9.17, 15) is 9.90 Å². The fraction of sp³-hybridized carbons (Fsp3) is 0.0500. The highest BCUT2D eigenvalue weighted by atomic mass is 16.6. The van der Waals surface area contributed by atoms with Crippen LogP contribution in [0.1, 0.15) is 27.0 Å². The van der Waals surface area contributed by atoms with E-state index in [1.807, 2.05) is 30.3 Å². The zero-order chi connectivity index (χ0) is 17.2.